The van der Waals surface area contributed by atoms with Gasteiger partial charge in [0.05, 0.1) is 11.9 Å². The number of nitrogens with two attached hydrogens (primary N) is 1. The first-order valence-corrected chi connectivity index (χ1v) is 5.36. The number of aromatic nitrogens is 2. The molecule has 0 aliphatic carbocycles. The molecular weight excluding hydrogens is 212 g/mol. The third-order valence-corrected chi connectivity index (χ3v) is 2.73. The fourth-order valence-electron chi connectivity index (χ4n) is 2.12. The molecule has 0 saturated carbocycles. The molecule has 0 aliphatic rings. The summed E-state index contributed by atoms with van der Waals surface area (Å²) in [6, 6.07) is 6.21. The van der Waals surface area contributed by atoms with E-state index in [1.54, 1.807) is 10.9 Å². The first-order chi connectivity index (χ1) is 8.02. The predicted molar refractivity (Wildman–Crippen MR) is 66.9 cm³/mol. The molecule has 1 heterocycles. The SMILES string of the molecule is Cc1cc(C)c(-n2cc(C#N)c(N)n2)c(C)c1. The van der Waals surface area contributed by atoms with Crippen molar-refractivity contribution in [1.29, 1.82) is 5.26 Å². The topological polar surface area (TPSA) is 67.6 Å². The van der Waals surface area contributed by atoms with E-state index in [0.717, 1.165) is 16.8 Å². The van der Waals surface area contributed by atoms with E-state index in [0.29, 0.717) is 5.56 Å². The van der Waals surface area contributed by atoms with Crippen molar-refractivity contribution in [2.75, 3.05) is 5.73 Å². The zero-order valence-electron chi connectivity index (χ0n) is 10.2. The van der Waals surface area contributed by atoms with E-state index in [-0.39, 0.29) is 5.82 Å². The molecule has 0 amide bonds. The lowest BCUT2D eigenvalue weighted by atomic mass is 10.1. The Hall–Kier alpha value is -2.28. The molecule has 0 radical (unpaired) electrons. The van der Waals surface area contributed by atoms with Crippen molar-refractivity contribution in [3.63, 3.8) is 0 Å². The van der Waals surface area contributed by atoms with Gasteiger partial charge in [0.25, 0.3) is 0 Å². The van der Waals surface area contributed by atoms with E-state index in [1.807, 2.05) is 19.9 Å². The molecule has 0 fully saturated rings. The van der Waals surface area contributed by atoms with Gasteiger partial charge < -0.3 is 5.73 Å². The minimum Gasteiger partial charge on any atom is -0.381 e. The van der Waals surface area contributed by atoms with E-state index in [2.05, 4.69) is 24.2 Å². The van der Waals surface area contributed by atoms with E-state index < -0.39 is 0 Å². The second kappa shape index (κ2) is 3.95. The number of rotatable bonds is 1. The van der Waals surface area contributed by atoms with Crippen LogP contribution >= 0.6 is 0 Å². The molecule has 86 valence electrons. The zero-order valence-corrected chi connectivity index (χ0v) is 10.2. The van der Waals surface area contributed by atoms with Crippen LogP contribution in [0.1, 0.15) is 22.3 Å². The Kier molecular flexibility index (Phi) is 2.60. The van der Waals surface area contributed by atoms with Crippen LogP contribution in [0, 0.1) is 32.1 Å². The molecule has 1 aromatic carbocycles. The van der Waals surface area contributed by atoms with Gasteiger partial charge in [-0.2, -0.15) is 5.26 Å². The van der Waals surface area contributed by atoms with Gasteiger partial charge in [0.15, 0.2) is 5.82 Å². The summed E-state index contributed by atoms with van der Waals surface area (Å²) in [4.78, 5) is 0. The van der Waals surface area contributed by atoms with Crippen LogP contribution in [-0.2, 0) is 0 Å². The highest BCUT2D eigenvalue weighted by Gasteiger charge is 2.10. The van der Waals surface area contributed by atoms with Gasteiger partial charge in [-0.05, 0) is 31.9 Å². The molecule has 4 nitrogen and oxygen atoms in total. The van der Waals surface area contributed by atoms with Crippen molar-refractivity contribution in [2.45, 2.75) is 20.8 Å². The summed E-state index contributed by atoms with van der Waals surface area (Å²) in [6.07, 6.45) is 1.67. The average Bonchev–Trinajstić information content (AvgIpc) is 2.57. The fourth-order valence-corrected chi connectivity index (χ4v) is 2.12. The first-order valence-electron chi connectivity index (χ1n) is 5.36. The Balaban J connectivity index is 2.65. The van der Waals surface area contributed by atoms with Crippen LogP contribution in [-0.4, -0.2) is 9.78 Å². The van der Waals surface area contributed by atoms with Gasteiger partial charge >= 0.3 is 0 Å². The number of nitriles is 1. The van der Waals surface area contributed by atoms with Gasteiger partial charge in [0, 0.05) is 0 Å². The van der Waals surface area contributed by atoms with E-state index in [9.17, 15) is 0 Å². The summed E-state index contributed by atoms with van der Waals surface area (Å²) >= 11 is 0. The molecule has 0 aliphatic heterocycles. The molecule has 2 aromatic rings. The number of benzene rings is 1. The predicted octanol–water partition coefficient (Wildman–Crippen LogP) is 2.25. The van der Waals surface area contributed by atoms with Gasteiger partial charge in [-0.1, -0.05) is 17.7 Å². The maximum atomic E-state index is 8.88. The third kappa shape index (κ3) is 1.87. The van der Waals surface area contributed by atoms with Crippen LogP contribution in [0.5, 0.6) is 0 Å². The summed E-state index contributed by atoms with van der Waals surface area (Å²) < 4.78 is 1.68. The summed E-state index contributed by atoms with van der Waals surface area (Å²) in [5.41, 5.74) is 10.5. The van der Waals surface area contributed by atoms with Crippen molar-refractivity contribution in [2.24, 2.45) is 0 Å². The monoisotopic (exact) mass is 226 g/mol. The van der Waals surface area contributed by atoms with Crippen LogP contribution < -0.4 is 5.73 Å². The lowest BCUT2D eigenvalue weighted by Gasteiger charge is -2.10. The molecule has 2 rings (SSSR count). The van der Waals surface area contributed by atoms with Gasteiger partial charge in [0.1, 0.15) is 11.6 Å². The Morgan fingerprint density at radius 2 is 1.82 bits per heavy atom. The summed E-state index contributed by atoms with van der Waals surface area (Å²) in [5, 5.41) is 13.1. The fraction of sp³-hybridized carbons (Fsp3) is 0.231. The molecule has 0 atom stereocenters. The average molecular weight is 226 g/mol. The van der Waals surface area contributed by atoms with E-state index in [4.69, 9.17) is 11.0 Å². The van der Waals surface area contributed by atoms with Gasteiger partial charge in [-0.3, -0.25) is 0 Å². The minimum absolute atomic E-state index is 0.270. The van der Waals surface area contributed by atoms with Crippen LogP contribution in [0.15, 0.2) is 18.3 Å². The molecular formula is C13H14N4. The highest BCUT2D eigenvalue weighted by Crippen LogP contribution is 2.22. The Bertz CT molecular complexity index is 594. The van der Waals surface area contributed by atoms with Crippen LogP contribution in [0.25, 0.3) is 5.69 Å². The summed E-state index contributed by atoms with van der Waals surface area (Å²) in [6.45, 7) is 6.11. The highest BCUT2D eigenvalue weighted by atomic mass is 15.3. The second-order valence-electron chi connectivity index (χ2n) is 4.23. The lowest BCUT2D eigenvalue weighted by Crippen LogP contribution is -2.02. The van der Waals surface area contributed by atoms with Crippen molar-refractivity contribution < 1.29 is 0 Å². The quantitative estimate of drug-likeness (QED) is 0.810. The number of anilines is 1. The van der Waals surface area contributed by atoms with Crippen molar-refractivity contribution >= 4 is 5.82 Å². The molecule has 4 heteroatoms. The first kappa shape index (κ1) is 11.2. The molecule has 17 heavy (non-hydrogen) atoms. The lowest BCUT2D eigenvalue weighted by molar-refractivity contribution is 0.868. The molecule has 2 N–H and O–H groups in total. The third-order valence-electron chi connectivity index (χ3n) is 2.73. The maximum Gasteiger partial charge on any atom is 0.163 e. The summed E-state index contributed by atoms with van der Waals surface area (Å²) in [5.74, 6) is 0.270. The zero-order chi connectivity index (χ0) is 12.6. The second-order valence-corrected chi connectivity index (χ2v) is 4.23. The van der Waals surface area contributed by atoms with Crippen molar-refractivity contribution in [3.8, 4) is 11.8 Å². The largest absolute Gasteiger partial charge is 0.381 e. The number of nitrogen functional groups attached to an aromatic ring is 1. The normalized spacial score (nSPS) is 10.2. The number of hydrogen-bond donors (Lipinski definition) is 1. The van der Waals surface area contributed by atoms with Gasteiger partial charge in [-0.25, -0.2) is 4.68 Å². The standard InChI is InChI=1S/C13H14N4/c1-8-4-9(2)12(10(3)5-8)17-7-11(6-14)13(15)16-17/h4-5,7H,1-3H3,(H2,15,16). The van der Waals surface area contributed by atoms with Crippen molar-refractivity contribution in [3.05, 3.63) is 40.6 Å². The molecule has 1 aromatic heterocycles. The Morgan fingerprint density at radius 1 is 1.24 bits per heavy atom. The Morgan fingerprint density at radius 3 is 2.29 bits per heavy atom. The number of hydrogen-bond acceptors (Lipinski definition) is 3. The van der Waals surface area contributed by atoms with Crippen molar-refractivity contribution in [1.82, 2.24) is 9.78 Å². The molecule has 0 bridgehead atoms. The molecule has 0 unspecified atom stereocenters. The van der Waals surface area contributed by atoms with Gasteiger partial charge in [-0.15, -0.1) is 5.10 Å². The van der Waals surface area contributed by atoms with E-state index in [1.165, 1.54) is 5.56 Å². The highest BCUT2D eigenvalue weighted by molar-refractivity contribution is 5.53. The number of aryl methyl sites for hydroxylation is 3. The smallest absolute Gasteiger partial charge is 0.163 e. The number of nitrogens with zero attached hydrogens (tertiary/aromatic N) is 3. The minimum atomic E-state index is 0.270. The van der Waals surface area contributed by atoms with E-state index >= 15 is 0 Å². The van der Waals surface area contributed by atoms with Crippen LogP contribution in [0.2, 0.25) is 0 Å². The van der Waals surface area contributed by atoms with Crippen LogP contribution in [0.3, 0.4) is 0 Å². The molecule has 0 saturated heterocycles. The molecule has 0 spiro atoms. The van der Waals surface area contributed by atoms with Gasteiger partial charge in [0.2, 0.25) is 0 Å². The summed E-state index contributed by atoms with van der Waals surface area (Å²) in [7, 11) is 0. The Labute approximate surface area is 100 Å². The van der Waals surface area contributed by atoms with Crippen LogP contribution in [0.4, 0.5) is 5.82 Å². The maximum absolute atomic E-state index is 8.88.